The zero-order chi connectivity index (χ0) is 14.7. The van der Waals surface area contributed by atoms with Gasteiger partial charge in [-0.05, 0) is 31.7 Å². The summed E-state index contributed by atoms with van der Waals surface area (Å²) in [6.45, 7) is 3.75. The van der Waals surface area contributed by atoms with E-state index in [1.165, 1.54) is 25.3 Å². The third-order valence-corrected chi connectivity index (χ3v) is 4.11. The number of pyridine rings is 1. The fourth-order valence-electron chi connectivity index (χ4n) is 2.58. The Morgan fingerprint density at radius 3 is 2.80 bits per heavy atom. The molecule has 0 radical (unpaired) electrons. The van der Waals surface area contributed by atoms with Crippen LogP contribution in [0.4, 0.5) is 10.2 Å². The molecule has 5 heteroatoms. The number of hydrogen-bond acceptors (Lipinski definition) is 3. The highest BCUT2D eigenvalue weighted by atomic mass is 19.1. The maximum Gasteiger partial charge on any atom is 0.250 e. The van der Waals surface area contributed by atoms with Gasteiger partial charge in [-0.25, -0.2) is 9.37 Å². The van der Waals surface area contributed by atoms with Gasteiger partial charge in [0.05, 0.1) is 11.3 Å². The van der Waals surface area contributed by atoms with Gasteiger partial charge in [-0.15, -0.1) is 0 Å². The van der Waals surface area contributed by atoms with E-state index in [0.717, 1.165) is 18.8 Å². The van der Waals surface area contributed by atoms with Gasteiger partial charge in [-0.3, -0.25) is 4.79 Å². The zero-order valence-corrected chi connectivity index (χ0v) is 12.1. The van der Waals surface area contributed by atoms with Crippen LogP contribution in [-0.4, -0.2) is 16.9 Å². The highest BCUT2D eigenvalue weighted by Gasteiger charge is 2.22. The van der Waals surface area contributed by atoms with Crippen LogP contribution in [0.25, 0.3) is 0 Å². The molecule has 1 atom stereocenters. The number of nitrogens with two attached hydrogens (primary N) is 1. The first-order valence-electron chi connectivity index (χ1n) is 7.24. The van der Waals surface area contributed by atoms with Crippen LogP contribution in [0, 0.1) is 18.7 Å². The summed E-state index contributed by atoms with van der Waals surface area (Å²) in [5.41, 5.74) is 5.78. The molecule has 0 aliphatic heterocycles. The first-order chi connectivity index (χ1) is 9.51. The first kappa shape index (κ1) is 14.8. The Morgan fingerprint density at radius 1 is 1.60 bits per heavy atom. The predicted octanol–water partition coefficient (Wildman–Crippen LogP) is 3.01. The van der Waals surface area contributed by atoms with Crippen LogP contribution < -0.4 is 11.1 Å². The van der Waals surface area contributed by atoms with Crippen LogP contribution in [0.3, 0.4) is 0 Å². The monoisotopic (exact) mass is 279 g/mol. The SMILES string of the molecule is CCC(CC1CCC1)Nc1nc(C)c(C(N)=O)cc1F. The Morgan fingerprint density at radius 2 is 2.30 bits per heavy atom. The molecule has 20 heavy (non-hydrogen) atoms. The number of carbonyl (C=O) groups excluding carboxylic acids is 1. The summed E-state index contributed by atoms with van der Waals surface area (Å²) < 4.78 is 14.0. The van der Waals surface area contributed by atoms with E-state index in [9.17, 15) is 9.18 Å². The molecule has 0 bridgehead atoms. The van der Waals surface area contributed by atoms with Crippen molar-refractivity contribution in [2.45, 2.75) is 52.0 Å². The van der Waals surface area contributed by atoms with Crippen molar-refractivity contribution in [3.63, 3.8) is 0 Å². The van der Waals surface area contributed by atoms with E-state index in [0.29, 0.717) is 5.69 Å². The van der Waals surface area contributed by atoms with E-state index in [4.69, 9.17) is 5.73 Å². The number of aromatic nitrogens is 1. The van der Waals surface area contributed by atoms with Gasteiger partial charge in [-0.2, -0.15) is 0 Å². The molecule has 1 aromatic heterocycles. The van der Waals surface area contributed by atoms with Crippen LogP contribution in [0.15, 0.2) is 6.07 Å². The average Bonchev–Trinajstić information content (AvgIpc) is 2.35. The molecule has 0 aromatic carbocycles. The predicted molar refractivity (Wildman–Crippen MR) is 77.1 cm³/mol. The highest BCUT2D eigenvalue weighted by molar-refractivity contribution is 5.94. The number of nitrogens with zero attached hydrogens (tertiary/aromatic N) is 1. The minimum absolute atomic E-state index is 0.139. The molecule has 1 amide bonds. The molecule has 110 valence electrons. The van der Waals surface area contributed by atoms with Crippen LogP contribution in [0.1, 0.15) is 55.1 Å². The molecular formula is C15H22FN3O. The zero-order valence-electron chi connectivity index (χ0n) is 12.1. The number of primary amides is 1. The Kier molecular flexibility index (Phi) is 4.57. The minimum atomic E-state index is -0.651. The molecule has 3 N–H and O–H groups in total. The maximum atomic E-state index is 14.0. The lowest BCUT2D eigenvalue weighted by Crippen LogP contribution is -2.26. The van der Waals surface area contributed by atoms with Crippen LogP contribution in [0.2, 0.25) is 0 Å². The molecule has 1 fully saturated rings. The topological polar surface area (TPSA) is 68.0 Å². The van der Waals surface area contributed by atoms with Gasteiger partial charge in [0, 0.05) is 6.04 Å². The van der Waals surface area contributed by atoms with Gasteiger partial charge in [-0.1, -0.05) is 26.2 Å². The smallest absolute Gasteiger partial charge is 0.250 e. The van der Waals surface area contributed by atoms with Gasteiger partial charge in [0.25, 0.3) is 5.91 Å². The number of hydrogen-bond donors (Lipinski definition) is 2. The fraction of sp³-hybridized carbons (Fsp3) is 0.600. The molecule has 1 saturated carbocycles. The van der Waals surface area contributed by atoms with Crippen molar-refractivity contribution >= 4 is 11.7 Å². The summed E-state index contributed by atoms with van der Waals surface area (Å²) in [7, 11) is 0. The highest BCUT2D eigenvalue weighted by Crippen LogP contribution is 2.32. The van der Waals surface area contributed by atoms with Gasteiger partial charge >= 0.3 is 0 Å². The van der Waals surface area contributed by atoms with Gasteiger partial charge in [0.2, 0.25) is 0 Å². The molecule has 1 aromatic rings. The van der Waals surface area contributed by atoms with E-state index in [-0.39, 0.29) is 17.4 Å². The fourth-order valence-corrected chi connectivity index (χ4v) is 2.58. The van der Waals surface area contributed by atoms with Crippen molar-refractivity contribution in [1.29, 1.82) is 0 Å². The number of nitrogens with one attached hydrogen (secondary N) is 1. The first-order valence-corrected chi connectivity index (χ1v) is 7.24. The molecule has 2 rings (SSSR count). The third kappa shape index (κ3) is 3.26. The number of aryl methyl sites for hydroxylation is 1. The third-order valence-electron chi connectivity index (χ3n) is 4.11. The molecule has 0 spiro atoms. The van der Waals surface area contributed by atoms with Crippen molar-refractivity contribution in [2.75, 3.05) is 5.32 Å². The van der Waals surface area contributed by atoms with E-state index in [1.54, 1.807) is 6.92 Å². The number of rotatable bonds is 6. The van der Waals surface area contributed by atoms with Crippen LogP contribution in [0.5, 0.6) is 0 Å². The Bertz CT molecular complexity index is 500. The Labute approximate surface area is 119 Å². The quantitative estimate of drug-likeness (QED) is 0.841. The van der Waals surface area contributed by atoms with Crippen LogP contribution in [-0.2, 0) is 0 Å². The molecular weight excluding hydrogens is 257 g/mol. The summed E-state index contributed by atoms with van der Waals surface area (Å²) in [6.07, 6.45) is 5.82. The summed E-state index contributed by atoms with van der Waals surface area (Å²) in [6, 6.07) is 1.39. The normalized spacial score (nSPS) is 16.6. The molecule has 0 saturated heterocycles. The Hall–Kier alpha value is -1.65. The largest absolute Gasteiger partial charge is 0.366 e. The van der Waals surface area contributed by atoms with Crippen molar-refractivity contribution in [2.24, 2.45) is 11.7 Å². The molecule has 4 nitrogen and oxygen atoms in total. The lowest BCUT2D eigenvalue weighted by molar-refractivity contribution is 0.0999. The van der Waals surface area contributed by atoms with E-state index in [1.807, 2.05) is 0 Å². The van der Waals surface area contributed by atoms with E-state index >= 15 is 0 Å². The number of carbonyl (C=O) groups is 1. The number of anilines is 1. The van der Waals surface area contributed by atoms with Crippen molar-refractivity contribution in [3.8, 4) is 0 Å². The number of amides is 1. The van der Waals surface area contributed by atoms with Crippen molar-refractivity contribution in [3.05, 3.63) is 23.1 Å². The molecule has 1 aliphatic carbocycles. The summed E-state index contributed by atoms with van der Waals surface area (Å²) in [4.78, 5) is 15.3. The minimum Gasteiger partial charge on any atom is -0.366 e. The molecule has 1 unspecified atom stereocenters. The number of halogens is 1. The van der Waals surface area contributed by atoms with Gasteiger partial charge in [0.1, 0.15) is 0 Å². The second-order valence-corrected chi connectivity index (χ2v) is 5.60. The molecule has 1 heterocycles. The summed E-state index contributed by atoms with van der Waals surface area (Å²) >= 11 is 0. The average molecular weight is 279 g/mol. The van der Waals surface area contributed by atoms with Crippen LogP contribution >= 0.6 is 0 Å². The van der Waals surface area contributed by atoms with E-state index < -0.39 is 11.7 Å². The lowest BCUT2D eigenvalue weighted by Gasteiger charge is -2.30. The standard InChI is InChI=1S/C15H22FN3O/c1-3-11(7-10-5-4-6-10)19-15-13(16)8-12(14(17)20)9(2)18-15/h8,10-11H,3-7H2,1-2H3,(H2,17,20)(H,18,19). The lowest BCUT2D eigenvalue weighted by atomic mass is 9.80. The maximum absolute atomic E-state index is 14.0. The van der Waals surface area contributed by atoms with Gasteiger partial charge in [0.15, 0.2) is 11.6 Å². The molecule has 1 aliphatic rings. The Balaban J connectivity index is 2.10. The summed E-state index contributed by atoms with van der Waals surface area (Å²) in [5.74, 6) is -0.196. The summed E-state index contributed by atoms with van der Waals surface area (Å²) in [5, 5.41) is 3.16. The second kappa shape index (κ2) is 6.20. The van der Waals surface area contributed by atoms with Crippen molar-refractivity contribution in [1.82, 2.24) is 4.98 Å². The van der Waals surface area contributed by atoms with Gasteiger partial charge < -0.3 is 11.1 Å². The van der Waals surface area contributed by atoms with E-state index in [2.05, 4.69) is 17.2 Å². The van der Waals surface area contributed by atoms with Crippen molar-refractivity contribution < 1.29 is 9.18 Å². The second-order valence-electron chi connectivity index (χ2n) is 5.60.